The lowest BCUT2D eigenvalue weighted by atomic mass is 10.3. The molecule has 1 heterocycles. The van der Waals surface area contributed by atoms with Crippen LogP contribution in [-0.2, 0) is 0 Å². The smallest absolute Gasteiger partial charge is 0.209 e. The summed E-state index contributed by atoms with van der Waals surface area (Å²) in [5, 5.41) is 4.07. The normalized spacial score (nSPS) is 10.9. The first kappa shape index (κ1) is 14.3. The van der Waals surface area contributed by atoms with Crippen LogP contribution in [0.4, 0.5) is 0 Å². The van der Waals surface area contributed by atoms with Gasteiger partial charge in [-0.1, -0.05) is 15.9 Å². The number of thioether (sulfide) groups is 1. The minimum Gasteiger partial charge on any atom is -0.290 e. The van der Waals surface area contributed by atoms with E-state index in [0.717, 1.165) is 9.37 Å². The minimum atomic E-state index is -0.000816. The third kappa shape index (κ3) is 3.67. The van der Waals surface area contributed by atoms with Crippen LogP contribution in [-0.4, -0.2) is 26.3 Å². The van der Waals surface area contributed by atoms with E-state index in [4.69, 9.17) is 0 Å². The largest absolute Gasteiger partial charge is 0.290 e. The topological polar surface area (TPSA) is 47.8 Å². The molecule has 0 amide bonds. The number of carbonyl (C=O) groups is 1. The summed E-state index contributed by atoms with van der Waals surface area (Å²) in [6, 6.07) is 8.02. The van der Waals surface area contributed by atoms with Crippen LogP contribution in [0.1, 0.15) is 30.5 Å². The van der Waals surface area contributed by atoms with E-state index in [1.807, 2.05) is 38.1 Å². The molecule has 0 fully saturated rings. The lowest BCUT2D eigenvalue weighted by molar-refractivity contribution is 0.100. The number of Topliss-reactive ketones (excluding diaryl/α,β-unsaturated/α-hetero) is 1. The van der Waals surface area contributed by atoms with E-state index in [1.165, 1.54) is 18.1 Å². The van der Waals surface area contributed by atoms with Gasteiger partial charge in [-0.2, -0.15) is 5.10 Å². The highest BCUT2D eigenvalue weighted by Gasteiger charge is 2.15. The molecule has 100 valence electrons. The molecule has 0 aliphatic carbocycles. The average Bonchev–Trinajstić information content (AvgIpc) is 2.87. The monoisotopic (exact) mass is 339 g/mol. The van der Waals surface area contributed by atoms with Gasteiger partial charge in [-0.25, -0.2) is 9.67 Å². The van der Waals surface area contributed by atoms with Crippen molar-refractivity contribution in [2.75, 3.05) is 5.75 Å². The Kier molecular flexibility index (Phi) is 4.76. The van der Waals surface area contributed by atoms with Crippen LogP contribution in [0.15, 0.2) is 40.0 Å². The lowest BCUT2D eigenvalue weighted by Crippen LogP contribution is -2.15. The Balaban J connectivity index is 2.01. The molecule has 0 unspecified atom stereocenters. The second-order valence-electron chi connectivity index (χ2n) is 4.29. The molecule has 4 nitrogen and oxygen atoms in total. The molecule has 0 aliphatic rings. The molecule has 0 N–H and O–H groups in total. The zero-order chi connectivity index (χ0) is 13.8. The Labute approximate surface area is 124 Å². The zero-order valence-corrected chi connectivity index (χ0v) is 13.1. The first-order valence-electron chi connectivity index (χ1n) is 5.89. The number of ketones is 1. The molecule has 0 radical (unpaired) electrons. The van der Waals surface area contributed by atoms with Crippen molar-refractivity contribution >= 4 is 33.5 Å². The van der Waals surface area contributed by atoms with Gasteiger partial charge in [0.15, 0.2) is 5.82 Å². The van der Waals surface area contributed by atoms with Crippen LogP contribution in [0.2, 0.25) is 0 Å². The van der Waals surface area contributed by atoms with Gasteiger partial charge in [0.05, 0.1) is 5.75 Å². The Hall–Kier alpha value is -1.14. The van der Waals surface area contributed by atoms with Crippen molar-refractivity contribution in [3.63, 3.8) is 0 Å². The minimum absolute atomic E-state index is 0.000816. The molecule has 1 aromatic carbocycles. The van der Waals surface area contributed by atoms with E-state index in [1.54, 1.807) is 4.68 Å². The van der Waals surface area contributed by atoms with Crippen molar-refractivity contribution in [2.45, 2.75) is 24.8 Å². The summed E-state index contributed by atoms with van der Waals surface area (Å²) in [4.78, 5) is 17.2. The maximum absolute atomic E-state index is 12.1. The fourth-order valence-corrected chi connectivity index (χ4v) is 2.59. The number of hydrogen-bond donors (Lipinski definition) is 0. The van der Waals surface area contributed by atoms with Crippen molar-refractivity contribution in [2.24, 2.45) is 0 Å². The first-order valence-corrected chi connectivity index (χ1v) is 7.67. The van der Waals surface area contributed by atoms with Crippen LogP contribution in [0.25, 0.3) is 0 Å². The molecule has 0 saturated heterocycles. The quantitative estimate of drug-likeness (QED) is 0.616. The maximum atomic E-state index is 12.1. The third-order valence-electron chi connectivity index (χ3n) is 2.50. The Morgan fingerprint density at radius 3 is 2.68 bits per heavy atom. The van der Waals surface area contributed by atoms with Gasteiger partial charge in [0.2, 0.25) is 5.78 Å². The second kappa shape index (κ2) is 6.34. The predicted octanol–water partition coefficient (Wildman–Crippen LogP) is 3.60. The molecule has 0 aliphatic heterocycles. The average molecular weight is 340 g/mol. The predicted molar refractivity (Wildman–Crippen MR) is 79.6 cm³/mol. The molecule has 1 aromatic heterocycles. The molecule has 0 spiro atoms. The zero-order valence-electron chi connectivity index (χ0n) is 10.7. The van der Waals surface area contributed by atoms with Gasteiger partial charge in [0.1, 0.15) is 6.33 Å². The van der Waals surface area contributed by atoms with Gasteiger partial charge in [0.25, 0.3) is 0 Å². The highest BCUT2D eigenvalue weighted by atomic mass is 79.9. The van der Waals surface area contributed by atoms with Crippen molar-refractivity contribution in [1.29, 1.82) is 0 Å². The van der Waals surface area contributed by atoms with Crippen LogP contribution in [0, 0.1) is 0 Å². The van der Waals surface area contributed by atoms with Crippen LogP contribution in [0.5, 0.6) is 0 Å². The third-order valence-corrected chi connectivity index (χ3v) is 4.04. The van der Waals surface area contributed by atoms with Crippen LogP contribution < -0.4 is 0 Å². The number of rotatable bonds is 5. The summed E-state index contributed by atoms with van der Waals surface area (Å²) in [5.74, 6) is 0.797. The number of carbonyl (C=O) groups excluding carboxylic acids is 1. The number of aromatic nitrogens is 3. The van der Waals surface area contributed by atoms with E-state index < -0.39 is 0 Å². The fraction of sp³-hybridized carbons (Fsp3) is 0.308. The molecule has 6 heteroatoms. The van der Waals surface area contributed by atoms with Crippen LogP contribution >= 0.6 is 27.7 Å². The summed E-state index contributed by atoms with van der Waals surface area (Å²) in [7, 11) is 0. The Bertz CT molecular complexity index is 566. The fourth-order valence-electron chi connectivity index (χ4n) is 1.57. The summed E-state index contributed by atoms with van der Waals surface area (Å²) in [6.45, 7) is 3.96. The molecule has 2 rings (SSSR count). The van der Waals surface area contributed by atoms with Crippen molar-refractivity contribution in [3.05, 3.63) is 40.9 Å². The SMILES string of the molecule is CC(C)n1ncnc1C(=O)CSc1ccc(Br)cc1. The molecule has 2 aromatic rings. The van der Waals surface area contributed by atoms with Crippen molar-refractivity contribution in [3.8, 4) is 0 Å². The molecular formula is C13H14BrN3OS. The van der Waals surface area contributed by atoms with E-state index in [9.17, 15) is 4.79 Å². The molecule has 0 saturated carbocycles. The molecular weight excluding hydrogens is 326 g/mol. The van der Waals surface area contributed by atoms with Gasteiger partial charge in [-0.15, -0.1) is 11.8 Å². The van der Waals surface area contributed by atoms with E-state index in [-0.39, 0.29) is 11.8 Å². The van der Waals surface area contributed by atoms with E-state index >= 15 is 0 Å². The van der Waals surface area contributed by atoms with Gasteiger partial charge in [-0.05, 0) is 38.1 Å². The first-order chi connectivity index (χ1) is 9.08. The Morgan fingerprint density at radius 1 is 1.37 bits per heavy atom. The molecule has 19 heavy (non-hydrogen) atoms. The highest BCUT2D eigenvalue weighted by Crippen LogP contribution is 2.21. The van der Waals surface area contributed by atoms with E-state index in [0.29, 0.717) is 11.6 Å². The summed E-state index contributed by atoms with van der Waals surface area (Å²) >= 11 is 4.89. The van der Waals surface area contributed by atoms with Gasteiger partial charge >= 0.3 is 0 Å². The summed E-state index contributed by atoms with van der Waals surface area (Å²) in [5.41, 5.74) is 0. The van der Waals surface area contributed by atoms with Crippen molar-refractivity contribution in [1.82, 2.24) is 14.8 Å². The number of nitrogens with zero attached hydrogens (tertiary/aromatic N) is 3. The standard InChI is InChI=1S/C13H14BrN3OS/c1-9(2)17-13(15-8-16-17)12(18)7-19-11-5-3-10(14)4-6-11/h3-6,8-9H,7H2,1-2H3. The number of hydrogen-bond acceptors (Lipinski definition) is 4. The molecule has 0 bridgehead atoms. The van der Waals surface area contributed by atoms with E-state index in [2.05, 4.69) is 26.0 Å². The van der Waals surface area contributed by atoms with Crippen LogP contribution in [0.3, 0.4) is 0 Å². The summed E-state index contributed by atoms with van der Waals surface area (Å²) in [6.07, 6.45) is 1.43. The Morgan fingerprint density at radius 2 is 2.05 bits per heavy atom. The highest BCUT2D eigenvalue weighted by molar-refractivity contribution is 9.10. The maximum Gasteiger partial charge on any atom is 0.209 e. The van der Waals surface area contributed by atoms with Gasteiger partial charge in [0, 0.05) is 15.4 Å². The lowest BCUT2D eigenvalue weighted by Gasteiger charge is -2.08. The summed E-state index contributed by atoms with van der Waals surface area (Å²) < 4.78 is 2.69. The number of halogens is 1. The second-order valence-corrected chi connectivity index (χ2v) is 6.25. The van der Waals surface area contributed by atoms with Gasteiger partial charge in [-0.3, -0.25) is 4.79 Å². The van der Waals surface area contributed by atoms with Crippen molar-refractivity contribution < 1.29 is 4.79 Å². The molecule has 0 atom stereocenters. The van der Waals surface area contributed by atoms with Gasteiger partial charge < -0.3 is 0 Å². The number of benzene rings is 1.